The van der Waals surface area contributed by atoms with Crippen LogP contribution in [0.1, 0.15) is 37.8 Å². The van der Waals surface area contributed by atoms with Gasteiger partial charge >= 0.3 is 0 Å². The molecule has 1 N–H and O–H groups in total. The van der Waals surface area contributed by atoms with Gasteiger partial charge in [0.2, 0.25) is 16.9 Å². The summed E-state index contributed by atoms with van der Waals surface area (Å²) in [4.78, 5) is 18.2. The van der Waals surface area contributed by atoms with Gasteiger partial charge < -0.3 is 14.8 Å². The molecule has 1 amide bonds. The highest BCUT2D eigenvalue weighted by atomic mass is 32.1. The van der Waals surface area contributed by atoms with Crippen molar-refractivity contribution in [2.24, 2.45) is 5.41 Å². The number of anilines is 1. The first-order chi connectivity index (χ1) is 16.5. The highest BCUT2D eigenvalue weighted by Crippen LogP contribution is 2.52. The molecule has 4 aromatic rings. The molecule has 5 rings (SSSR count). The number of carbonyl (C=O) groups excluding carboxylic acids is 1. The van der Waals surface area contributed by atoms with Crippen molar-refractivity contribution in [1.82, 2.24) is 15.2 Å². The zero-order chi connectivity index (χ0) is 23.7. The van der Waals surface area contributed by atoms with E-state index in [2.05, 4.69) is 15.5 Å². The zero-order valence-electron chi connectivity index (χ0n) is 19.1. The second kappa shape index (κ2) is 8.87. The van der Waals surface area contributed by atoms with E-state index in [1.807, 2.05) is 81.4 Å². The molecule has 0 saturated heterocycles. The van der Waals surface area contributed by atoms with Gasteiger partial charge in [0.05, 0.1) is 17.7 Å². The normalized spacial score (nSPS) is 14.5. The van der Waals surface area contributed by atoms with Crippen molar-refractivity contribution < 1.29 is 14.3 Å². The summed E-state index contributed by atoms with van der Waals surface area (Å²) in [6.07, 6.45) is 0. The smallest absolute Gasteiger partial charge is 0.232 e. The van der Waals surface area contributed by atoms with Gasteiger partial charge in [-0.15, -0.1) is 10.2 Å². The monoisotopic (exact) mass is 472 g/mol. The largest absolute Gasteiger partial charge is 0.494 e. The van der Waals surface area contributed by atoms with E-state index in [1.54, 1.807) is 5.51 Å². The molecule has 0 radical (unpaired) electrons. The Hall–Kier alpha value is -3.78. The fourth-order valence-corrected chi connectivity index (χ4v) is 4.72. The SMILES string of the molecule is CCOc1ccc(-c2ccc3c(n2)Oc2ccccc2[C@@H]3C(C)(C)C(=O)Nc2nncs2)cc1. The Kier molecular flexibility index (Phi) is 5.75. The van der Waals surface area contributed by atoms with Gasteiger partial charge in [0.1, 0.15) is 17.0 Å². The molecule has 0 spiro atoms. The third-order valence-corrected chi connectivity index (χ3v) is 6.59. The van der Waals surface area contributed by atoms with E-state index in [0.29, 0.717) is 23.4 Å². The quantitative estimate of drug-likeness (QED) is 0.376. The van der Waals surface area contributed by atoms with Crippen molar-refractivity contribution in [2.75, 3.05) is 11.9 Å². The van der Waals surface area contributed by atoms with Gasteiger partial charge in [-0.2, -0.15) is 0 Å². The summed E-state index contributed by atoms with van der Waals surface area (Å²) >= 11 is 1.29. The summed E-state index contributed by atoms with van der Waals surface area (Å²) in [5, 5.41) is 11.2. The molecule has 172 valence electrons. The van der Waals surface area contributed by atoms with Gasteiger partial charge in [-0.05, 0) is 43.3 Å². The van der Waals surface area contributed by atoms with Crippen LogP contribution in [0.3, 0.4) is 0 Å². The van der Waals surface area contributed by atoms with Crippen LogP contribution in [0.5, 0.6) is 17.4 Å². The summed E-state index contributed by atoms with van der Waals surface area (Å²) in [5.41, 5.74) is 4.33. The first-order valence-corrected chi connectivity index (χ1v) is 11.9. The van der Waals surface area contributed by atoms with E-state index in [4.69, 9.17) is 14.5 Å². The number of ether oxygens (including phenoxy) is 2. The van der Waals surface area contributed by atoms with Crippen LogP contribution in [0, 0.1) is 5.41 Å². The Labute approximate surface area is 201 Å². The van der Waals surface area contributed by atoms with Gasteiger partial charge in [0.15, 0.2) is 0 Å². The molecule has 2 aromatic heterocycles. The Morgan fingerprint density at radius 3 is 2.62 bits per heavy atom. The minimum atomic E-state index is -0.817. The number of hydrogen-bond acceptors (Lipinski definition) is 7. The topological polar surface area (TPSA) is 86.2 Å². The number of nitrogens with zero attached hydrogens (tertiary/aromatic N) is 3. The average Bonchev–Trinajstić information content (AvgIpc) is 3.36. The lowest BCUT2D eigenvalue weighted by Gasteiger charge is -2.37. The van der Waals surface area contributed by atoms with E-state index < -0.39 is 5.41 Å². The first kappa shape index (κ1) is 22.0. The fourth-order valence-electron chi connectivity index (χ4n) is 4.28. The third kappa shape index (κ3) is 4.01. The van der Waals surface area contributed by atoms with E-state index in [9.17, 15) is 4.79 Å². The molecular weight excluding hydrogens is 448 g/mol. The molecule has 0 aliphatic carbocycles. The highest BCUT2D eigenvalue weighted by molar-refractivity contribution is 7.13. The van der Waals surface area contributed by atoms with Crippen LogP contribution in [-0.2, 0) is 4.79 Å². The minimum absolute atomic E-state index is 0.146. The summed E-state index contributed by atoms with van der Waals surface area (Å²) in [6, 6.07) is 19.6. The number of amides is 1. The van der Waals surface area contributed by atoms with Crippen LogP contribution in [0.15, 0.2) is 66.2 Å². The Bertz CT molecular complexity index is 1320. The number of rotatable bonds is 6. The average molecular weight is 473 g/mol. The molecule has 0 unspecified atom stereocenters. The maximum Gasteiger partial charge on any atom is 0.232 e. The van der Waals surface area contributed by atoms with E-state index >= 15 is 0 Å². The van der Waals surface area contributed by atoms with Crippen molar-refractivity contribution in [3.05, 3.63) is 77.3 Å². The van der Waals surface area contributed by atoms with Crippen LogP contribution >= 0.6 is 11.3 Å². The van der Waals surface area contributed by atoms with Crippen LogP contribution in [0.25, 0.3) is 11.3 Å². The van der Waals surface area contributed by atoms with Gasteiger partial charge in [-0.3, -0.25) is 4.79 Å². The molecule has 0 saturated carbocycles. The first-order valence-electron chi connectivity index (χ1n) is 11.1. The van der Waals surface area contributed by atoms with Crippen LogP contribution in [0.4, 0.5) is 5.13 Å². The third-order valence-electron chi connectivity index (χ3n) is 5.99. The van der Waals surface area contributed by atoms with Crippen molar-refractivity contribution in [1.29, 1.82) is 0 Å². The molecular formula is C26H24N4O3S. The molecule has 34 heavy (non-hydrogen) atoms. The fraction of sp³-hybridized carbons (Fsp3) is 0.231. The van der Waals surface area contributed by atoms with Crippen LogP contribution in [-0.4, -0.2) is 27.7 Å². The molecule has 1 aliphatic heterocycles. The zero-order valence-corrected chi connectivity index (χ0v) is 19.9. The summed E-state index contributed by atoms with van der Waals surface area (Å²) in [5.74, 6) is 1.62. The molecule has 3 heterocycles. The van der Waals surface area contributed by atoms with Crippen molar-refractivity contribution >= 4 is 22.4 Å². The number of pyridine rings is 1. The molecule has 0 bridgehead atoms. The lowest BCUT2D eigenvalue weighted by atomic mass is 9.69. The molecule has 2 aromatic carbocycles. The summed E-state index contributed by atoms with van der Waals surface area (Å²) < 4.78 is 11.8. The predicted molar refractivity (Wildman–Crippen MR) is 132 cm³/mol. The second-order valence-electron chi connectivity index (χ2n) is 8.54. The highest BCUT2D eigenvalue weighted by Gasteiger charge is 2.44. The predicted octanol–water partition coefficient (Wildman–Crippen LogP) is 5.90. The van der Waals surface area contributed by atoms with Gasteiger partial charge in [-0.25, -0.2) is 4.98 Å². The molecule has 1 atom stereocenters. The number of para-hydroxylation sites is 1. The summed E-state index contributed by atoms with van der Waals surface area (Å²) in [7, 11) is 0. The van der Waals surface area contributed by atoms with Gasteiger partial charge in [0.25, 0.3) is 0 Å². The Balaban J connectivity index is 1.54. The van der Waals surface area contributed by atoms with E-state index in [1.165, 1.54) is 11.3 Å². The standard InChI is InChI=1S/C26H24N4O3S/c1-4-32-17-11-9-16(10-12-17)20-14-13-19-22(18-7-5-6-8-21(18)33-23(19)28-20)26(2,3)24(31)29-25-30-27-15-34-25/h5-15,22H,4H2,1-3H3,(H,29,30,31)/t22-/m0/s1. The van der Waals surface area contributed by atoms with Crippen molar-refractivity contribution in [3.63, 3.8) is 0 Å². The van der Waals surface area contributed by atoms with Crippen LogP contribution < -0.4 is 14.8 Å². The lowest BCUT2D eigenvalue weighted by Crippen LogP contribution is -2.38. The lowest BCUT2D eigenvalue weighted by molar-refractivity contribution is -0.124. The second-order valence-corrected chi connectivity index (χ2v) is 9.37. The molecule has 8 heteroatoms. The molecule has 7 nitrogen and oxygen atoms in total. The number of carbonyl (C=O) groups is 1. The van der Waals surface area contributed by atoms with E-state index in [0.717, 1.165) is 28.1 Å². The van der Waals surface area contributed by atoms with E-state index in [-0.39, 0.29) is 11.8 Å². The molecule has 0 fully saturated rings. The Morgan fingerprint density at radius 1 is 1.09 bits per heavy atom. The number of nitrogens with one attached hydrogen (secondary N) is 1. The number of benzene rings is 2. The number of hydrogen-bond donors (Lipinski definition) is 1. The Morgan fingerprint density at radius 2 is 1.88 bits per heavy atom. The van der Waals surface area contributed by atoms with Gasteiger partial charge in [-0.1, -0.05) is 49.4 Å². The minimum Gasteiger partial charge on any atom is -0.494 e. The number of fused-ring (bicyclic) bond motifs is 2. The number of aromatic nitrogens is 3. The summed E-state index contributed by atoms with van der Waals surface area (Å²) in [6.45, 7) is 6.44. The van der Waals surface area contributed by atoms with Crippen molar-refractivity contribution in [3.8, 4) is 28.6 Å². The maximum absolute atomic E-state index is 13.4. The molecule has 1 aliphatic rings. The van der Waals surface area contributed by atoms with Crippen molar-refractivity contribution in [2.45, 2.75) is 26.7 Å². The van der Waals surface area contributed by atoms with Gasteiger partial charge in [0, 0.05) is 22.6 Å². The maximum atomic E-state index is 13.4. The van der Waals surface area contributed by atoms with Crippen LogP contribution in [0.2, 0.25) is 0 Å².